The van der Waals surface area contributed by atoms with Crippen molar-refractivity contribution in [3.63, 3.8) is 0 Å². The summed E-state index contributed by atoms with van der Waals surface area (Å²) >= 11 is 2.05. The summed E-state index contributed by atoms with van der Waals surface area (Å²) in [4.78, 5) is 1.50. The van der Waals surface area contributed by atoms with Crippen molar-refractivity contribution >= 4 is 11.8 Å². The van der Waals surface area contributed by atoms with E-state index in [0.29, 0.717) is 6.04 Å². The molecular formula is C15H21NS. The lowest BCUT2D eigenvalue weighted by atomic mass is 9.97. The van der Waals surface area contributed by atoms with Gasteiger partial charge in [-0.25, -0.2) is 0 Å². The zero-order chi connectivity index (χ0) is 12.0. The van der Waals surface area contributed by atoms with E-state index in [2.05, 4.69) is 38.2 Å². The molecule has 17 heavy (non-hydrogen) atoms. The maximum Gasteiger partial charge on any atom is 0.0344 e. The molecule has 0 spiro atoms. The fraction of sp³-hybridized carbons (Fsp3) is 0.600. The van der Waals surface area contributed by atoms with E-state index in [9.17, 15) is 0 Å². The molecule has 1 heterocycles. The van der Waals surface area contributed by atoms with Crippen molar-refractivity contribution < 1.29 is 0 Å². The molecule has 1 aromatic carbocycles. The molecule has 1 aliphatic heterocycles. The smallest absolute Gasteiger partial charge is 0.0344 e. The van der Waals surface area contributed by atoms with E-state index in [4.69, 9.17) is 0 Å². The van der Waals surface area contributed by atoms with Crippen LogP contribution in [0.2, 0.25) is 0 Å². The van der Waals surface area contributed by atoms with Gasteiger partial charge in [0, 0.05) is 22.2 Å². The minimum atomic E-state index is 0.591. The normalized spacial score (nSPS) is 27.9. The number of thioether (sulfide) groups is 1. The van der Waals surface area contributed by atoms with Gasteiger partial charge in [0.2, 0.25) is 0 Å². The molecule has 2 heteroatoms. The Morgan fingerprint density at radius 3 is 2.59 bits per heavy atom. The highest BCUT2D eigenvalue weighted by Gasteiger charge is 2.30. The second kappa shape index (κ2) is 4.33. The van der Waals surface area contributed by atoms with E-state index in [1.807, 2.05) is 11.8 Å². The van der Waals surface area contributed by atoms with E-state index in [-0.39, 0.29) is 0 Å². The second-order valence-corrected chi connectivity index (χ2v) is 7.11. The van der Waals surface area contributed by atoms with E-state index in [0.717, 1.165) is 11.3 Å². The first-order valence-corrected chi connectivity index (χ1v) is 7.55. The van der Waals surface area contributed by atoms with Crippen molar-refractivity contribution in [1.29, 1.82) is 0 Å². The van der Waals surface area contributed by atoms with E-state index in [1.165, 1.54) is 35.3 Å². The summed E-state index contributed by atoms with van der Waals surface area (Å²) in [6.07, 6.45) is 4.02. The number of rotatable bonds is 2. The van der Waals surface area contributed by atoms with Gasteiger partial charge in [-0.15, -0.1) is 11.8 Å². The summed E-state index contributed by atoms with van der Waals surface area (Å²) in [5.74, 6) is 0. The quantitative estimate of drug-likeness (QED) is 0.848. The van der Waals surface area contributed by atoms with Gasteiger partial charge in [-0.2, -0.15) is 0 Å². The zero-order valence-corrected chi connectivity index (χ0v) is 11.7. The van der Waals surface area contributed by atoms with Crippen molar-refractivity contribution in [2.24, 2.45) is 0 Å². The van der Waals surface area contributed by atoms with Crippen LogP contribution < -0.4 is 5.32 Å². The molecule has 0 bridgehead atoms. The number of hydrogen-bond donors (Lipinski definition) is 1. The molecule has 92 valence electrons. The monoisotopic (exact) mass is 247 g/mol. The van der Waals surface area contributed by atoms with Crippen molar-refractivity contribution in [1.82, 2.24) is 5.32 Å². The fourth-order valence-electron chi connectivity index (χ4n) is 2.60. The van der Waals surface area contributed by atoms with Crippen LogP contribution in [-0.4, -0.2) is 11.3 Å². The first-order valence-electron chi connectivity index (χ1n) is 6.67. The molecule has 1 aromatic rings. The molecule has 1 N–H and O–H groups in total. The summed E-state index contributed by atoms with van der Waals surface area (Å²) in [7, 11) is 0. The Kier molecular flexibility index (Phi) is 2.95. The first kappa shape index (κ1) is 11.6. The SMILES string of the molecule is Cc1cc2c(cc1C)C(NC1CC1)CC(C)S2. The minimum absolute atomic E-state index is 0.591. The Labute approximate surface area is 108 Å². The van der Waals surface area contributed by atoms with Crippen LogP contribution in [0.3, 0.4) is 0 Å². The summed E-state index contributed by atoms with van der Waals surface area (Å²) in [6, 6.07) is 6.17. The van der Waals surface area contributed by atoms with Crippen LogP contribution in [-0.2, 0) is 0 Å². The third kappa shape index (κ3) is 2.38. The Morgan fingerprint density at radius 2 is 1.88 bits per heavy atom. The lowest BCUT2D eigenvalue weighted by Gasteiger charge is -2.31. The third-order valence-corrected chi connectivity index (χ3v) is 5.11. The molecule has 0 saturated heterocycles. The van der Waals surface area contributed by atoms with Crippen LogP contribution >= 0.6 is 11.8 Å². The highest BCUT2D eigenvalue weighted by atomic mass is 32.2. The maximum absolute atomic E-state index is 3.81. The molecule has 2 atom stereocenters. The van der Waals surface area contributed by atoms with Crippen LogP contribution in [0.5, 0.6) is 0 Å². The van der Waals surface area contributed by atoms with E-state index >= 15 is 0 Å². The van der Waals surface area contributed by atoms with Crippen LogP contribution in [0.4, 0.5) is 0 Å². The van der Waals surface area contributed by atoms with Crippen molar-refractivity contribution in [3.05, 3.63) is 28.8 Å². The van der Waals surface area contributed by atoms with Crippen LogP contribution in [0.1, 0.15) is 48.9 Å². The molecule has 0 radical (unpaired) electrons. The standard InChI is InChI=1S/C15H21NS/c1-9-6-13-14(16-12-4-5-12)8-11(3)17-15(13)7-10(9)2/h6-7,11-12,14,16H,4-5,8H2,1-3H3. The van der Waals surface area contributed by atoms with Crippen LogP contribution in [0.15, 0.2) is 17.0 Å². The average molecular weight is 247 g/mol. The minimum Gasteiger partial charge on any atom is -0.307 e. The van der Waals surface area contributed by atoms with Crippen molar-refractivity contribution in [2.75, 3.05) is 0 Å². The second-order valence-electron chi connectivity index (χ2n) is 5.63. The number of fused-ring (bicyclic) bond motifs is 1. The molecule has 3 rings (SSSR count). The highest BCUT2D eigenvalue weighted by molar-refractivity contribution is 8.00. The number of aryl methyl sites for hydroxylation is 2. The van der Waals surface area contributed by atoms with Gasteiger partial charge in [-0.1, -0.05) is 13.0 Å². The molecule has 1 saturated carbocycles. The summed E-state index contributed by atoms with van der Waals surface area (Å²) < 4.78 is 0. The Morgan fingerprint density at radius 1 is 1.18 bits per heavy atom. The zero-order valence-electron chi connectivity index (χ0n) is 10.9. The van der Waals surface area contributed by atoms with Gasteiger partial charge in [0.1, 0.15) is 0 Å². The van der Waals surface area contributed by atoms with Crippen LogP contribution in [0.25, 0.3) is 0 Å². The molecule has 1 aliphatic carbocycles. The number of nitrogens with one attached hydrogen (secondary N) is 1. The van der Waals surface area contributed by atoms with Gasteiger partial charge in [0.25, 0.3) is 0 Å². The molecule has 0 amide bonds. The maximum atomic E-state index is 3.81. The molecule has 1 fully saturated rings. The van der Waals surface area contributed by atoms with E-state index in [1.54, 1.807) is 5.56 Å². The predicted molar refractivity (Wildman–Crippen MR) is 74.8 cm³/mol. The van der Waals surface area contributed by atoms with Gasteiger partial charge in [0.15, 0.2) is 0 Å². The highest BCUT2D eigenvalue weighted by Crippen LogP contribution is 2.42. The van der Waals surface area contributed by atoms with Crippen molar-refractivity contribution in [2.45, 2.75) is 62.3 Å². The summed E-state index contributed by atoms with van der Waals surface area (Å²) in [5, 5.41) is 4.55. The Bertz CT molecular complexity index is 437. The summed E-state index contributed by atoms with van der Waals surface area (Å²) in [6.45, 7) is 6.80. The Balaban J connectivity index is 1.95. The third-order valence-electron chi connectivity index (χ3n) is 3.91. The van der Waals surface area contributed by atoms with Gasteiger partial charge in [0.05, 0.1) is 0 Å². The topological polar surface area (TPSA) is 12.0 Å². The predicted octanol–water partition coefficient (Wildman–Crippen LogP) is 3.98. The van der Waals surface area contributed by atoms with Gasteiger partial charge < -0.3 is 5.32 Å². The van der Waals surface area contributed by atoms with Gasteiger partial charge in [-0.3, -0.25) is 0 Å². The molecule has 2 unspecified atom stereocenters. The van der Waals surface area contributed by atoms with Gasteiger partial charge in [-0.05, 0) is 55.9 Å². The largest absolute Gasteiger partial charge is 0.307 e. The average Bonchev–Trinajstić information content (AvgIpc) is 3.05. The molecule has 1 nitrogen and oxygen atoms in total. The lowest BCUT2D eigenvalue weighted by molar-refractivity contribution is 0.482. The van der Waals surface area contributed by atoms with Crippen molar-refractivity contribution in [3.8, 4) is 0 Å². The molecule has 0 aromatic heterocycles. The molecule has 2 aliphatic rings. The molecular weight excluding hydrogens is 226 g/mol. The summed E-state index contributed by atoms with van der Waals surface area (Å²) in [5.41, 5.74) is 4.40. The fourth-order valence-corrected chi connectivity index (χ4v) is 3.91. The van der Waals surface area contributed by atoms with Crippen LogP contribution in [0, 0.1) is 13.8 Å². The lowest BCUT2D eigenvalue weighted by Crippen LogP contribution is -2.28. The van der Waals surface area contributed by atoms with Gasteiger partial charge >= 0.3 is 0 Å². The number of benzene rings is 1. The number of hydrogen-bond acceptors (Lipinski definition) is 2. The Hall–Kier alpha value is -0.470. The first-order chi connectivity index (χ1) is 8.13. The van der Waals surface area contributed by atoms with E-state index < -0.39 is 0 Å².